The summed E-state index contributed by atoms with van der Waals surface area (Å²) in [5.41, 5.74) is -0.642. The van der Waals surface area contributed by atoms with Crippen molar-refractivity contribution in [3.05, 3.63) is 24.3 Å². The van der Waals surface area contributed by atoms with Gasteiger partial charge in [0.2, 0.25) is 5.91 Å². The predicted molar refractivity (Wildman–Crippen MR) is 102 cm³/mol. The van der Waals surface area contributed by atoms with E-state index in [1.807, 2.05) is 17.2 Å². The van der Waals surface area contributed by atoms with Gasteiger partial charge in [0.05, 0.1) is 12.1 Å². The lowest BCUT2D eigenvalue weighted by atomic mass is 9.75. The van der Waals surface area contributed by atoms with Gasteiger partial charge in [0.15, 0.2) is 5.82 Å². The molecule has 5 rings (SSSR count). The number of amides is 1. The smallest absolute Gasteiger partial charge is 0.252 e. The maximum Gasteiger partial charge on any atom is 0.252 e. The van der Waals surface area contributed by atoms with Crippen LogP contribution in [0.5, 0.6) is 0 Å². The van der Waals surface area contributed by atoms with Gasteiger partial charge in [-0.25, -0.2) is 9.50 Å². The molecule has 4 heterocycles. The van der Waals surface area contributed by atoms with E-state index < -0.39 is 5.60 Å². The van der Waals surface area contributed by atoms with Crippen molar-refractivity contribution < 1.29 is 9.90 Å². The van der Waals surface area contributed by atoms with E-state index in [4.69, 9.17) is 0 Å². The van der Waals surface area contributed by atoms with E-state index in [0.29, 0.717) is 37.7 Å². The Hall–Kier alpha value is -2.06. The molecule has 0 bridgehead atoms. The lowest BCUT2D eigenvalue weighted by Crippen LogP contribution is -2.61. The third kappa shape index (κ3) is 3.28. The van der Waals surface area contributed by atoms with Gasteiger partial charge in [0, 0.05) is 50.4 Å². The summed E-state index contributed by atoms with van der Waals surface area (Å²) in [6.07, 6.45) is 9.41. The molecule has 2 saturated heterocycles. The monoisotopic (exact) mass is 384 g/mol. The van der Waals surface area contributed by atoms with E-state index >= 15 is 0 Å². The minimum atomic E-state index is -0.642. The van der Waals surface area contributed by atoms with Crippen molar-refractivity contribution in [1.29, 1.82) is 0 Å². The summed E-state index contributed by atoms with van der Waals surface area (Å²) in [6, 6.07) is 1.84. The molecular weight excluding hydrogens is 356 g/mol. The van der Waals surface area contributed by atoms with Crippen molar-refractivity contribution in [2.75, 3.05) is 26.2 Å². The number of carbonyl (C=O) groups excluding carboxylic acids is 1. The molecular formula is C20H28N6O2. The Morgan fingerprint density at radius 3 is 2.86 bits per heavy atom. The quantitative estimate of drug-likeness (QED) is 0.853. The van der Waals surface area contributed by atoms with Crippen LogP contribution < -0.4 is 0 Å². The number of likely N-dealkylation sites (tertiary alicyclic amines) is 2. The fraction of sp³-hybridized carbons (Fsp3) is 0.700. The zero-order valence-corrected chi connectivity index (χ0v) is 16.2. The molecule has 1 amide bonds. The maximum absolute atomic E-state index is 12.9. The number of aliphatic hydroxyl groups is 1. The topological polar surface area (TPSA) is 86.9 Å². The number of nitrogens with zero attached hydrogens (tertiary/aromatic N) is 6. The normalized spacial score (nSPS) is 29.3. The molecule has 2 aromatic rings. The summed E-state index contributed by atoms with van der Waals surface area (Å²) < 4.78 is 1.69. The van der Waals surface area contributed by atoms with Crippen molar-refractivity contribution in [3.63, 3.8) is 0 Å². The van der Waals surface area contributed by atoms with E-state index in [1.54, 1.807) is 10.7 Å². The lowest BCUT2D eigenvalue weighted by Gasteiger charge is -2.50. The zero-order chi connectivity index (χ0) is 19.1. The predicted octanol–water partition coefficient (Wildman–Crippen LogP) is 1.10. The molecule has 3 fully saturated rings. The molecule has 1 aliphatic carbocycles. The Balaban J connectivity index is 1.26. The van der Waals surface area contributed by atoms with Crippen molar-refractivity contribution in [3.8, 4) is 0 Å². The number of rotatable bonds is 3. The first-order valence-electron chi connectivity index (χ1n) is 10.5. The molecule has 28 heavy (non-hydrogen) atoms. The summed E-state index contributed by atoms with van der Waals surface area (Å²) in [7, 11) is 0. The molecule has 2 aliphatic heterocycles. The summed E-state index contributed by atoms with van der Waals surface area (Å²) >= 11 is 0. The summed E-state index contributed by atoms with van der Waals surface area (Å²) in [5, 5.41) is 15.6. The van der Waals surface area contributed by atoms with Crippen LogP contribution >= 0.6 is 0 Å². The Morgan fingerprint density at radius 1 is 1.21 bits per heavy atom. The second-order valence-corrected chi connectivity index (χ2v) is 8.69. The summed E-state index contributed by atoms with van der Waals surface area (Å²) in [5.74, 6) is 1.97. The van der Waals surface area contributed by atoms with Gasteiger partial charge >= 0.3 is 0 Å². The number of hydrogen-bond acceptors (Lipinski definition) is 6. The van der Waals surface area contributed by atoms with Gasteiger partial charge in [0.25, 0.3) is 5.78 Å². The van der Waals surface area contributed by atoms with E-state index in [9.17, 15) is 9.90 Å². The molecule has 150 valence electrons. The van der Waals surface area contributed by atoms with Crippen LogP contribution in [0.1, 0.15) is 44.3 Å². The SMILES string of the molecule is O=C(C1CCCC1)N1CC[C@]2(O)CCN(Cc3nc4ncccn4n3)C[C@@H]2C1. The number of piperidine rings is 2. The van der Waals surface area contributed by atoms with Gasteiger partial charge in [0.1, 0.15) is 0 Å². The summed E-state index contributed by atoms with van der Waals surface area (Å²) in [4.78, 5) is 25.9. The van der Waals surface area contributed by atoms with Crippen LogP contribution in [-0.4, -0.2) is 72.2 Å². The highest BCUT2D eigenvalue weighted by Crippen LogP contribution is 2.37. The third-order valence-corrected chi connectivity index (χ3v) is 6.90. The van der Waals surface area contributed by atoms with Crippen LogP contribution in [0.25, 0.3) is 5.78 Å². The van der Waals surface area contributed by atoms with Crippen LogP contribution in [0, 0.1) is 11.8 Å². The molecule has 8 heteroatoms. The second kappa shape index (κ2) is 7.08. The van der Waals surface area contributed by atoms with Crippen molar-refractivity contribution in [2.24, 2.45) is 11.8 Å². The minimum absolute atomic E-state index is 0.0931. The van der Waals surface area contributed by atoms with Crippen LogP contribution in [0.3, 0.4) is 0 Å². The van der Waals surface area contributed by atoms with Crippen molar-refractivity contribution in [1.82, 2.24) is 29.4 Å². The van der Waals surface area contributed by atoms with Gasteiger partial charge < -0.3 is 10.0 Å². The molecule has 1 saturated carbocycles. The standard InChI is InChI=1S/C20H28N6O2/c27-18(15-4-1-2-5-15)25-11-7-20(28)6-10-24(12-16(20)13-25)14-17-22-19-21-8-3-9-26(19)23-17/h3,8-9,15-16,28H,1-2,4-7,10-14H2/t16-,20-/m1/s1. The number of carbonyl (C=O) groups is 1. The van der Waals surface area contributed by atoms with Crippen LogP contribution in [-0.2, 0) is 11.3 Å². The van der Waals surface area contributed by atoms with Gasteiger partial charge in [-0.3, -0.25) is 9.69 Å². The highest BCUT2D eigenvalue weighted by Gasteiger charge is 2.46. The highest BCUT2D eigenvalue weighted by molar-refractivity contribution is 5.79. The molecule has 3 aliphatic rings. The fourth-order valence-corrected chi connectivity index (χ4v) is 5.19. The Bertz CT molecular complexity index is 830. The van der Waals surface area contributed by atoms with E-state index in [1.165, 1.54) is 12.8 Å². The second-order valence-electron chi connectivity index (χ2n) is 8.69. The minimum Gasteiger partial charge on any atom is -0.389 e. The van der Waals surface area contributed by atoms with E-state index in [-0.39, 0.29) is 11.8 Å². The number of hydrogen-bond donors (Lipinski definition) is 1. The van der Waals surface area contributed by atoms with Crippen LogP contribution in [0.2, 0.25) is 0 Å². The molecule has 1 N–H and O–H groups in total. The molecule has 8 nitrogen and oxygen atoms in total. The first kappa shape index (κ1) is 18.0. The van der Waals surface area contributed by atoms with Crippen LogP contribution in [0.4, 0.5) is 0 Å². The Morgan fingerprint density at radius 2 is 2.04 bits per heavy atom. The molecule has 0 spiro atoms. The van der Waals surface area contributed by atoms with E-state index in [2.05, 4.69) is 20.0 Å². The average molecular weight is 384 g/mol. The first-order chi connectivity index (χ1) is 13.6. The molecule has 0 unspecified atom stereocenters. The zero-order valence-electron chi connectivity index (χ0n) is 16.2. The van der Waals surface area contributed by atoms with Gasteiger partial charge in [-0.2, -0.15) is 4.98 Å². The fourth-order valence-electron chi connectivity index (χ4n) is 5.19. The van der Waals surface area contributed by atoms with Crippen molar-refractivity contribution >= 4 is 11.7 Å². The third-order valence-electron chi connectivity index (χ3n) is 6.90. The lowest BCUT2D eigenvalue weighted by molar-refractivity contribution is -0.150. The largest absolute Gasteiger partial charge is 0.389 e. The van der Waals surface area contributed by atoms with Crippen LogP contribution in [0.15, 0.2) is 18.5 Å². The van der Waals surface area contributed by atoms with Gasteiger partial charge in [-0.1, -0.05) is 12.8 Å². The molecule has 2 atom stereocenters. The van der Waals surface area contributed by atoms with E-state index in [0.717, 1.165) is 38.2 Å². The number of aromatic nitrogens is 4. The molecule has 2 aromatic heterocycles. The van der Waals surface area contributed by atoms with Gasteiger partial charge in [-0.15, -0.1) is 5.10 Å². The van der Waals surface area contributed by atoms with Gasteiger partial charge in [-0.05, 0) is 31.7 Å². The molecule has 0 aromatic carbocycles. The Kier molecular flexibility index (Phi) is 4.55. The average Bonchev–Trinajstić information content (AvgIpc) is 3.36. The Labute approximate surface area is 164 Å². The number of fused-ring (bicyclic) bond motifs is 2. The maximum atomic E-state index is 12.9. The first-order valence-corrected chi connectivity index (χ1v) is 10.5. The molecule has 0 radical (unpaired) electrons. The van der Waals surface area contributed by atoms with Crippen molar-refractivity contribution in [2.45, 2.75) is 50.7 Å². The summed E-state index contributed by atoms with van der Waals surface area (Å²) in [6.45, 7) is 3.61. The highest BCUT2D eigenvalue weighted by atomic mass is 16.3.